The lowest BCUT2D eigenvalue weighted by molar-refractivity contribution is 0.199. The molecule has 0 aromatic carbocycles. The minimum absolute atomic E-state index is 0.206. The Bertz CT molecular complexity index is 344. The zero-order valence-electron chi connectivity index (χ0n) is 9.38. The molecule has 0 radical (unpaired) electrons. The van der Waals surface area contributed by atoms with Gasteiger partial charge in [0.15, 0.2) is 0 Å². The lowest BCUT2D eigenvalue weighted by atomic mass is 10.0. The molecule has 2 heterocycles. The fourth-order valence-electron chi connectivity index (χ4n) is 1.59. The van der Waals surface area contributed by atoms with Crippen LogP contribution in [0.5, 0.6) is 11.8 Å². The van der Waals surface area contributed by atoms with Crippen molar-refractivity contribution in [2.24, 2.45) is 5.92 Å². The van der Waals surface area contributed by atoms with Crippen molar-refractivity contribution in [3.63, 3.8) is 0 Å². The van der Waals surface area contributed by atoms with Gasteiger partial charge >= 0.3 is 0 Å². The lowest BCUT2D eigenvalue weighted by Gasteiger charge is -2.38. The molecule has 1 aromatic rings. The molecule has 0 spiro atoms. The van der Waals surface area contributed by atoms with Crippen LogP contribution in [0.15, 0.2) is 6.07 Å². The van der Waals surface area contributed by atoms with Crippen LogP contribution in [0.3, 0.4) is 0 Å². The molecule has 1 fully saturated rings. The molecular weight excluding hydrogens is 210 g/mol. The van der Waals surface area contributed by atoms with Gasteiger partial charge in [-0.1, -0.05) is 0 Å². The molecule has 1 saturated heterocycles. The number of ether oxygens (including phenoxy) is 2. The zero-order chi connectivity index (χ0) is 11.5. The standard InChI is InChI=1S/C10H15N3O3/c1-15-8-3-9(16-2)12-10(11-8)13-4-7(5-13)6-14/h3,7,14H,4-6H2,1-2H3. The summed E-state index contributed by atoms with van der Waals surface area (Å²) in [5, 5.41) is 8.94. The first kappa shape index (κ1) is 10.9. The Morgan fingerprint density at radius 2 is 1.88 bits per heavy atom. The SMILES string of the molecule is COc1cc(OC)nc(N2CC(CO)C2)n1. The maximum atomic E-state index is 8.94. The summed E-state index contributed by atoms with van der Waals surface area (Å²) in [6.07, 6.45) is 0. The molecule has 0 unspecified atom stereocenters. The quantitative estimate of drug-likeness (QED) is 0.773. The molecule has 0 saturated carbocycles. The van der Waals surface area contributed by atoms with Crippen molar-refractivity contribution < 1.29 is 14.6 Å². The second-order valence-corrected chi connectivity index (χ2v) is 3.71. The monoisotopic (exact) mass is 225 g/mol. The average molecular weight is 225 g/mol. The van der Waals surface area contributed by atoms with Crippen LogP contribution >= 0.6 is 0 Å². The van der Waals surface area contributed by atoms with Crippen LogP contribution < -0.4 is 14.4 Å². The maximum absolute atomic E-state index is 8.94. The Kier molecular flexibility index (Phi) is 3.09. The second kappa shape index (κ2) is 4.52. The van der Waals surface area contributed by atoms with E-state index in [0.717, 1.165) is 13.1 Å². The van der Waals surface area contributed by atoms with E-state index in [2.05, 4.69) is 9.97 Å². The highest BCUT2D eigenvalue weighted by atomic mass is 16.5. The summed E-state index contributed by atoms with van der Waals surface area (Å²) < 4.78 is 10.1. The smallest absolute Gasteiger partial charge is 0.231 e. The van der Waals surface area contributed by atoms with E-state index in [-0.39, 0.29) is 6.61 Å². The molecule has 1 aliphatic heterocycles. The fraction of sp³-hybridized carbons (Fsp3) is 0.600. The summed E-state index contributed by atoms with van der Waals surface area (Å²) in [5.74, 6) is 1.87. The number of methoxy groups -OCH3 is 2. The first-order chi connectivity index (χ1) is 7.76. The number of aliphatic hydroxyl groups is 1. The highest BCUT2D eigenvalue weighted by molar-refractivity contribution is 5.39. The molecule has 6 nitrogen and oxygen atoms in total. The molecule has 0 atom stereocenters. The summed E-state index contributed by atoms with van der Waals surface area (Å²) in [6, 6.07) is 1.63. The first-order valence-electron chi connectivity index (χ1n) is 5.09. The molecular formula is C10H15N3O3. The van der Waals surface area contributed by atoms with Crippen LogP contribution in [0.2, 0.25) is 0 Å². The van der Waals surface area contributed by atoms with Crippen molar-refractivity contribution >= 4 is 5.95 Å². The van der Waals surface area contributed by atoms with Gasteiger partial charge in [-0.05, 0) is 0 Å². The Balaban J connectivity index is 2.14. The largest absolute Gasteiger partial charge is 0.481 e. The predicted molar refractivity (Wildman–Crippen MR) is 57.9 cm³/mol. The van der Waals surface area contributed by atoms with Crippen LogP contribution in [0.1, 0.15) is 0 Å². The van der Waals surface area contributed by atoms with Gasteiger partial charge in [0.25, 0.3) is 0 Å². The van der Waals surface area contributed by atoms with E-state index in [0.29, 0.717) is 23.6 Å². The van der Waals surface area contributed by atoms with Crippen molar-refractivity contribution in [1.29, 1.82) is 0 Å². The topological polar surface area (TPSA) is 67.7 Å². The van der Waals surface area contributed by atoms with Gasteiger partial charge in [-0.15, -0.1) is 0 Å². The van der Waals surface area contributed by atoms with Crippen molar-refractivity contribution in [2.45, 2.75) is 0 Å². The predicted octanol–water partition coefficient (Wildman–Crippen LogP) is -0.0777. The number of anilines is 1. The van der Waals surface area contributed by atoms with Gasteiger partial charge in [0.05, 0.1) is 20.3 Å². The van der Waals surface area contributed by atoms with E-state index in [4.69, 9.17) is 14.6 Å². The average Bonchev–Trinajstić information content (AvgIpc) is 2.27. The molecule has 0 bridgehead atoms. The van der Waals surface area contributed by atoms with Crippen LogP contribution in [0, 0.1) is 5.92 Å². The van der Waals surface area contributed by atoms with Crippen LogP contribution in [-0.4, -0.2) is 49.0 Å². The first-order valence-corrected chi connectivity index (χ1v) is 5.09. The highest BCUT2D eigenvalue weighted by Gasteiger charge is 2.28. The van der Waals surface area contributed by atoms with Gasteiger partial charge in [-0.25, -0.2) is 0 Å². The van der Waals surface area contributed by atoms with Crippen molar-refractivity contribution in [2.75, 3.05) is 38.8 Å². The maximum Gasteiger partial charge on any atom is 0.231 e. The molecule has 16 heavy (non-hydrogen) atoms. The van der Waals surface area contributed by atoms with E-state index in [1.165, 1.54) is 0 Å². The van der Waals surface area contributed by atoms with Gasteiger partial charge in [0.2, 0.25) is 17.7 Å². The lowest BCUT2D eigenvalue weighted by Crippen LogP contribution is -2.49. The number of hydrogen-bond donors (Lipinski definition) is 1. The summed E-state index contributed by atoms with van der Waals surface area (Å²) in [5.41, 5.74) is 0. The van der Waals surface area contributed by atoms with Gasteiger partial charge in [-0.2, -0.15) is 9.97 Å². The summed E-state index contributed by atoms with van der Waals surface area (Å²) in [6.45, 7) is 1.75. The van der Waals surface area contributed by atoms with Gasteiger partial charge < -0.3 is 19.5 Å². The van der Waals surface area contributed by atoms with E-state index in [1.807, 2.05) is 4.90 Å². The third-order valence-corrected chi connectivity index (χ3v) is 2.58. The molecule has 1 aliphatic rings. The van der Waals surface area contributed by atoms with Crippen LogP contribution in [-0.2, 0) is 0 Å². The summed E-state index contributed by atoms with van der Waals surface area (Å²) in [7, 11) is 3.11. The van der Waals surface area contributed by atoms with E-state index >= 15 is 0 Å². The van der Waals surface area contributed by atoms with Crippen LogP contribution in [0.25, 0.3) is 0 Å². The summed E-state index contributed by atoms with van der Waals surface area (Å²) in [4.78, 5) is 10.4. The minimum Gasteiger partial charge on any atom is -0.481 e. The molecule has 2 rings (SSSR count). The summed E-state index contributed by atoms with van der Waals surface area (Å²) >= 11 is 0. The van der Waals surface area contributed by atoms with Gasteiger partial charge in [0, 0.05) is 25.6 Å². The zero-order valence-corrected chi connectivity index (χ0v) is 9.38. The molecule has 6 heteroatoms. The van der Waals surface area contributed by atoms with Gasteiger partial charge in [0.1, 0.15) is 0 Å². The molecule has 1 aromatic heterocycles. The number of rotatable bonds is 4. The molecule has 0 aliphatic carbocycles. The normalized spacial score (nSPS) is 15.8. The Labute approximate surface area is 93.8 Å². The molecule has 1 N–H and O–H groups in total. The third kappa shape index (κ3) is 2.01. The van der Waals surface area contributed by atoms with E-state index in [9.17, 15) is 0 Å². The van der Waals surface area contributed by atoms with Crippen molar-refractivity contribution in [3.05, 3.63) is 6.07 Å². The number of aliphatic hydroxyl groups excluding tert-OH is 1. The number of hydrogen-bond acceptors (Lipinski definition) is 6. The minimum atomic E-state index is 0.206. The van der Waals surface area contributed by atoms with E-state index < -0.39 is 0 Å². The Hall–Kier alpha value is -1.56. The van der Waals surface area contributed by atoms with Crippen molar-refractivity contribution in [3.8, 4) is 11.8 Å². The molecule has 88 valence electrons. The molecule has 0 amide bonds. The van der Waals surface area contributed by atoms with Gasteiger partial charge in [-0.3, -0.25) is 0 Å². The number of nitrogens with zero attached hydrogens (tertiary/aromatic N) is 3. The van der Waals surface area contributed by atoms with Crippen LogP contribution in [0.4, 0.5) is 5.95 Å². The number of aromatic nitrogens is 2. The highest BCUT2D eigenvalue weighted by Crippen LogP contribution is 2.25. The fourth-order valence-corrected chi connectivity index (χ4v) is 1.59. The second-order valence-electron chi connectivity index (χ2n) is 3.71. The Morgan fingerprint density at radius 3 is 2.31 bits per heavy atom. The third-order valence-electron chi connectivity index (χ3n) is 2.58. The van der Waals surface area contributed by atoms with E-state index in [1.54, 1.807) is 20.3 Å². The van der Waals surface area contributed by atoms with Crippen molar-refractivity contribution in [1.82, 2.24) is 9.97 Å². The Morgan fingerprint density at radius 1 is 1.31 bits per heavy atom.